The van der Waals surface area contributed by atoms with Crippen molar-refractivity contribution in [3.05, 3.63) is 42.1 Å². The first-order valence-corrected chi connectivity index (χ1v) is 7.47. The highest BCUT2D eigenvalue weighted by atomic mass is 35.5. The van der Waals surface area contributed by atoms with Crippen LogP contribution >= 0.6 is 11.6 Å². The third-order valence-corrected chi connectivity index (χ3v) is 4.34. The van der Waals surface area contributed by atoms with Crippen molar-refractivity contribution in [2.75, 3.05) is 19.0 Å². The number of halogens is 1. The van der Waals surface area contributed by atoms with Crippen molar-refractivity contribution >= 4 is 28.4 Å². The number of benzene rings is 1. The van der Waals surface area contributed by atoms with E-state index in [1.54, 1.807) is 0 Å². The summed E-state index contributed by atoms with van der Waals surface area (Å²) in [5.74, 6) is 1.12. The first kappa shape index (κ1) is 13.4. The lowest BCUT2D eigenvalue weighted by atomic mass is 10.1. The highest BCUT2D eigenvalue weighted by Gasteiger charge is 2.28. The second kappa shape index (κ2) is 5.80. The number of fused-ring (bicyclic) bond motifs is 1. The molecule has 0 saturated carbocycles. The van der Waals surface area contributed by atoms with Crippen LogP contribution in [-0.2, 0) is 11.2 Å². The zero-order chi connectivity index (χ0) is 13.9. The Balaban J connectivity index is 1.73. The minimum Gasteiger partial charge on any atom is -0.342 e. The van der Waals surface area contributed by atoms with E-state index in [1.165, 1.54) is 10.9 Å². The number of carbonyl (C=O) groups excluding carboxylic acids is 1. The SMILES string of the molecule is O=C1CC(CCl)CN1CCc1ccnc2ccccc12. The number of hydrogen-bond acceptors (Lipinski definition) is 2. The maximum atomic E-state index is 11.9. The van der Waals surface area contributed by atoms with E-state index in [0.717, 1.165) is 25.0 Å². The molecule has 0 aliphatic carbocycles. The number of aromatic nitrogens is 1. The molecule has 1 aliphatic rings. The van der Waals surface area contributed by atoms with Gasteiger partial charge in [0.25, 0.3) is 0 Å². The molecule has 0 N–H and O–H groups in total. The normalized spacial score (nSPS) is 18.9. The second-order valence-electron chi connectivity index (χ2n) is 5.30. The van der Waals surface area contributed by atoms with Gasteiger partial charge in [0.05, 0.1) is 5.52 Å². The average molecular weight is 289 g/mol. The lowest BCUT2D eigenvalue weighted by Gasteiger charge is -2.16. The van der Waals surface area contributed by atoms with E-state index in [9.17, 15) is 4.79 Å². The van der Waals surface area contributed by atoms with Crippen LogP contribution in [0.5, 0.6) is 0 Å². The van der Waals surface area contributed by atoms with Crippen molar-refractivity contribution in [2.24, 2.45) is 5.92 Å². The summed E-state index contributed by atoms with van der Waals surface area (Å²) in [6.45, 7) is 1.56. The van der Waals surface area contributed by atoms with Crippen LogP contribution in [0.1, 0.15) is 12.0 Å². The lowest BCUT2D eigenvalue weighted by molar-refractivity contribution is -0.127. The maximum absolute atomic E-state index is 11.9. The van der Waals surface area contributed by atoms with Gasteiger partial charge in [-0.1, -0.05) is 18.2 Å². The third kappa shape index (κ3) is 2.63. The zero-order valence-corrected chi connectivity index (χ0v) is 12.0. The van der Waals surface area contributed by atoms with Crippen LogP contribution in [-0.4, -0.2) is 34.8 Å². The number of rotatable bonds is 4. The van der Waals surface area contributed by atoms with E-state index < -0.39 is 0 Å². The second-order valence-corrected chi connectivity index (χ2v) is 5.61. The molecule has 20 heavy (non-hydrogen) atoms. The predicted octanol–water partition coefficient (Wildman–Crippen LogP) is 2.86. The first-order valence-electron chi connectivity index (χ1n) is 6.94. The summed E-state index contributed by atoms with van der Waals surface area (Å²) in [4.78, 5) is 18.2. The number of carbonyl (C=O) groups is 1. The average Bonchev–Trinajstić information content (AvgIpc) is 2.85. The molecule has 1 amide bonds. The Labute approximate surface area is 123 Å². The van der Waals surface area contributed by atoms with Crippen LogP contribution in [0, 0.1) is 5.92 Å². The topological polar surface area (TPSA) is 33.2 Å². The van der Waals surface area contributed by atoms with Gasteiger partial charge in [0.15, 0.2) is 0 Å². The fourth-order valence-corrected chi connectivity index (χ4v) is 3.01. The van der Waals surface area contributed by atoms with Crippen LogP contribution in [0.15, 0.2) is 36.5 Å². The van der Waals surface area contributed by atoms with Crippen molar-refractivity contribution in [1.29, 1.82) is 0 Å². The molecule has 1 fully saturated rings. The van der Waals surface area contributed by atoms with Gasteiger partial charge in [-0.3, -0.25) is 9.78 Å². The van der Waals surface area contributed by atoms with Crippen molar-refractivity contribution in [1.82, 2.24) is 9.88 Å². The zero-order valence-electron chi connectivity index (χ0n) is 11.3. The largest absolute Gasteiger partial charge is 0.342 e. The minimum absolute atomic E-state index is 0.231. The fraction of sp³-hybridized carbons (Fsp3) is 0.375. The van der Waals surface area contributed by atoms with E-state index in [1.807, 2.05) is 35.4 Å². The summed E-state index contributed by atoms with van der Waals surface area (Å²) in [7, 11) is 0. The highest BCUT2D eigenvalue weighted by Crippen LogP contribution is 2.21. The van der Waals surface area contributed by atoms with E-state index in [-0.39, 0.29) is 5.91 Å². The van der Waals surface area contributed by atoms with E-state index >= 15 is 0 Å². The van der Waals surface area contributed by atoms with Gasteiger partial charge in [0, 0.05) is 37.0 Å². The molecule has 0 radical (unpaired) electrons. The summed E-state index contributed by atoms with van der Waals surface area (Å²) in [6.07, 6.45) is 3.30. The Hall–Kier alpha value is -1.61. The molecule has 1 aromatic carbocycles. The van der Waals surface area contributed by atoms with Gasteiger partial charge < -0.3 is 4.90 Å². The molecule has 4 heteroatoms. The lowest BCUT2D eigenvalue weighted by Crippen LogP contribution is -2.27. The number of amides is 1. The van der Waals surface area contributed by atoms with Crippen LogP contribution in [0.4, 0.5) is 0 Å². The Morgan fingerprint density at radius 3 is 2.95 bits per heavy atom. The number of pyridine rings is 1. The van der Waals surface area contributed by atoms with Crippen LogP contribution < -0.4 is 0 Å². The van der Waals surface area contributed by atoms with Crippen molar-refractivity contribution < 1.29 is 4.79 Å². The maximum Gasteiger partial charge on any atom is 0.222 e. The van der Waals surface area contributed by atoms with Gasteiger partial charge in [-0.25, -0.2) is 0 Å². The van der Waals surface area contributed by atoms with Gasteiger partial charge >= 0.3 is 0 Å². The van der Waals surface area contributed by atoms with E-state index in [4.69, 9.17) is 11.6 Å². The van der Waals surface area contributed by atoms with E-state index in [2.05, 4.69) is 11.1 Å². The monoisotopic (exact) mass is 288 g/mol. The van der Waals surface area contributed by atoms with Gasteiger partial charge in [-0.15, -0.1) is 11.6 Å². The summed E-state index contributed by atoms with van der Waals surface area (Å²) in [5, 5.41) is 1.18. The quantitative estimate of drug-likeness (QED) is 0.811. The van der Waals surface area contributed by atoms with Gasteiger partial charge in [-0.05, 0) is 30.0 Å². The molecule has 104 valence electrons. The highest BCUT2D eigenvalue weighted by molar-refractivity contribution is 6.18. The number of hydrogen-bond donors (Lipinski definition) is 0. The molecular weight excluding hydrogens is 272 g/mol. The minimum atomic E-state index is 0.231. The molecular formula is C16H17ClN2O. The Morgan fingerprint density at radius 1 is 1.30 bits per heavy atom. The molecule has 1 aromatic heterocycles. The molecule has 0 bridgehead atoms. The summed E-state index contributed by atoms with van der Waals surface area (Å²) < 4.78 is 0. The molecule has 2 heterocycles. The molecule has 3 nitrogen and oxygen atoms in total. The molecule has 1 saturated heterocycles. The number of alkyl halides is 1. The summed E-state index contributed by atoms with van der Waals surface area (Å²) in [5.41, 5.74) is 2.26. The molecule has 2 aromatic rings. The first-order chi connectivity index (χ1) is 9.78. The smallest absolute Gasteiger partial charge is 0.222 e. The van der Waals surface area contributed by atoms with Gasteiger partial charge in [0.1, 0.15) is 0 Å². The standard InChI is InChI=1S/C16H17ClN2O/c17-10-12-9-16(20)19(11-12)8-6-13-5-7-18-15-4-2-1-3-14(13)15/h1-5,7,12H,6,8-11H2. The molecule has 1 unspecified atom stereocenters. The Kier molecular flexibility index (Phi) is 3.88. The van der Waals surface area contributed by atoms with Gasteiger partial charge in [0.2, 0.25) is 5.91 Å². The van der Waals surface area contributed by atoms with Crippen LogP contribution in [0.2, 0.25) is 0 Å². The predicted molar refractivity (Wildman–Crippen MR) is 80.9 cm³/mol. The van der Waals surface area contributed by atoms with Crippen molar-refractivity contribution in [2.45, 2.75) is 12.8 Å². The molecule has 0 spiro atoms. The van der Waals surface area contributed by atoms with Crippen LogP contribution in [0.3, 0.4) is 0 Å². The Bertz CT molecular complexity index is 623. The fourth-order valence-electron chi connectivity index (χ4n) is 2.80. The summed E-state index contributed by atoms with van der Waals surface area (Å²) in [6, 6.07) is 10.2. The van der Waals surface area contributed by atoms with Crippen molar-refractivity contribution in [3.63, 3.8) is 0 Å². The molecule has 1 aliphatic heterocycles. The molecule has 3 rings (SSSR count). The Morgan fingerprint density at radius 2 is 2.15 bits per heavy atom. The van der Waals surface area contributed by atoms with Gasteiger partial charge in [-0.2, -0.15) is 0 Å². The van der Waals surface area contributed by atoms with Crippen molar-refractivity contribution in [3.8, 4) is 0 Å². The number of likely N-dealkylation sites (tertiary alicyclic amines) is 1. The molecule has 1 atom stereocenters. The number of para-hydroxylation sites is 1. The number of nitrogens with zero attached hydrogens (tertiary/aromatic N) is 2. The van der Waals surface area contributed by atoms with E-state index in [0.29, 0.717) is 18.2 Å². The van der Waals surface area contributed by atoms with Crippen LogP contribution in [0.25, 0.3) is 10.9 Å². The summed E-state index contributed by atoms with van der Waals surface area (Å²) >= 11 is 5.85. The third-order valence-electron chi connectivity index (χ3n) is 3.90.